The molecule has 1 aromatic carbocycles. The molecule has 1 heterocycles. The van der Waals surface area contributed by atoms with Gasteiger partial charge in [0, 0.05) is 11.8 Å². The zero-order valence-electron chi connectivity index (χ0n) is 11.0. The highest BCUT2D eigenvalue weighted by Crippen LogP contribution is 2.22. The van der Waals surface area contributed by atoms with Crippen molar-refractivity contribution in [2.24, 2.45) is 5.73 Å². The highest BCUT2D eigenvalue weighted by Gasteiger charge is 2.08. The summed E-state index contributed by atoms with van der Waals surface area (Å²) in [6.07, 6.45) is 1.67. The monoisotopic (exact) mass is 278 g/mol. The first kappa shape index (κ1) is 13.9. The number of aromatic nitrogens is 3. The van der Waals surface area contributed by atoms with Crippen LogP contribution in [-0.4, -0.2) is 27.0 Å². The van der Waals surface area contributed by atoms with Crippen LogP contribution in [0.25, 0.3) is 0 Å². The molecule has 0 saturated carbocycles. The molecule has 1 unspecified atom stereocenters. The fourth-order valence-electron chi connectivity index (χ4n) is 1.59. The smallest absolute Gasteiger partial charge is 0.183 e. The van der Waals surface area contributed by atoms with Crippen molar-refractivity contribution in [1.82, 2.24) is 15.2 Å². The van der Waals surface area contributed by atoms with E-state index in [-0.39, 0.29) is 12.1 Å². The average Bonchev–Trinajstić information content (AvgIpc) is 2.89. The molecule has 1 aromatic heterocycles. The standard InChI is InChI=1S/C13H18N4OS/c1-9(2)18-11-5-3-10(4-6-11)12(14)7-19-13-15-8-16-17-13/h3-6,8-9,12H,7,14H2,1-2H3,(H,15,16,17). The van der Waals surface area contributed by atoms with Crippen molar-refractivity contribution >= 4 is 11.8 Å². The van der Waals surface area contributed by atoms with E-state index >= 15 is 0 Å². The number of thioether (sulfide) groups is 1. The molecule has 0 bridgehead atoms. The molecule has 5 nitrogen and oxygen atoms in total. The number of ether oxygens (including phenoxy) is 1. The molecule has 19 heavy (non-hydrogen) atoms. The van der Waals surface area contributed by atoms with Crippen molar-refractivity contribution in [3.8, 4) is 5.75 Å². The molecule has 0 aliphatic carbocycles. The normalized spacial score (nSPS) is 12.6. The first-order chi connectivity index (χ1) is 9.15. The van der Waals surface area contributed by atoms with Crippen molar-refractivity contribution in [2.75, 3.05) is 5.75 Å². The van der Waals surface area contributed by atoms with E-state index in [1.165, 1.54) is 6.33 Å². The summed E-state index contributed by atoms with van der Waals surface area (Å²) in [5.74, 6) is 1.62. The summed E-state index contributed by atoms with van der Waals surface area (Å²) in [6, 6.07) is 7.87. The van der Waals surface area contributed by atoms with E-state index in [1.54, 1.807) is 11.8 Å². The molecule has 2 aromatic rings. The van der Waals surface area contributed by atoms with Gasteiger partial charge in [-0.05, 0) is 31.5 Å². The van der Waals surface area contributed by atoms with Crippen LogP contribution in [0.5, 0.6) is 5.75 Å². The van der Waals surface area contributed by atoms with Gasteiger partial charge in [0.05, 0.1) is 6.10 Å². The minimum atomic E-state index is -0.0387. The van der Waals surface area contributed by atoms with Crippen LogP contribution in [0.15, 0.2) is 35.7 Å². The number of nitrogens with two attached hydrogens (primary N) is 1. The number of rotatable bonds is 6. The second-order valence-electron chi connectivity index (χ2n) is 4.44. The SMILES string of the molecule is CC(C)Oc1ccc(C(N)CSc2ncn[nH]2)cc1. The van der Waals surface area contributed by atoms with E-state index < -0.39 is 0 Å². The maximum absolute atomic E-state index is 6.14. The Morgan fingerprint density at radius 3 is 2.63 bits per heavy atom. The van der Waals surface area contributed by atoms with Crippen molar-refractivity contribution < 1.29 is 4.74 Å². The Kier molecular flexibility index (Phi) is 4.81. The van der Waals surface area contributed by atoms with Gasteiger partial charge in [0.15, 0.2) is 5.16 Å². The molecule has 0 saturated heterocycles. The summed E-state index contributed by atoms with van der Waals surface area (Å²) in [5, 5.41) is 7.39. The van der Waals surface area contributed by atoms with Gasteiger partial charge in [0.2, 0.25) is 0 Å². The van der Waals surface area contributed by atoms with E-state index in [4.69, 9.17) is 10.5 Å². The number of nitrogens with zero attached hydrogens (tertiary/aromatic N) is 2. The van der Waals surface area contributed by atoms with Gasteiger partial charge in [-0.1, -0.05) is 23.9 Å². The minimum Gasteiger partial charge on any atom is -0.491 e. The van der Waals surface area contributed by atoms with Gasteiger partial charge in [0.1, 0.15) is 12.1 Å². The Balaban J connectivity index is 1.90. The number of H-pyrrole nitrogens is 1. The van der Waals surface area contributed by atoms with Gasteiger partial charge in [-0.2, -0.15) is 5.10 Å². The zero-order chi connectivity index (χ0) is 13.7. The Morgan fingerprint density at radius 1 is 1.32 bits per heavy atom. The number of hydrogen-bond acceptors (Lipinski definition) is 5. The van der Waals surface area contributed by atoms with Crippen LogP contribution in [0, 0.1) is 0 Å². The van der Waals surface area contributed by atoms with Crippen molar-refractivity contribution in [1.29, 1.82) is 0 Å². The maximum atomic E-state index is 6.14. The first-order valence-electron chi connectivity index (χ1n) is 6.15. The quantitative estimate of drug-likeness (QED) is 0.793. The first-order valence-corrected chi connectivity index (χ1v) is 7.14. The lowest BCUT2D eigenvalue weighted by atomic mass is 10.1. The summed E-state index contributed by atoms with van der Waals surface area (Å²) < 4.78 is 5.60. The van der Waals surface area contributed by atoms with Crippen molar-refractivity contribution in [3.05, 3.63) is 36.2 Å². The summed E-state index contributed by atoms with van der Waals surface area (Å²) in [5.41, 5.74) is 7.23. The van der Waals surface area contributed by atoms with E-state index in [0.29, 0.717) is 0 Å². The molecular formula is C13H18N4OS. The van der Waals surface area contributed by atoms with E-state index in [0.717, 1.165) is 22.2 Å². The minimum absolute atomic E-state index is 0.0387. The van der Waals surface area contributed by atoms with Crippen molar-refractivity contribution in [2.45, 2.75) is 31.1 Å². The third kappa shape index (κ3) is 4.25. The summed E-state index contributed by atoms with van der Waals surface area (Å²) >= 11 is 1.56. The van der Waals surface area contributed by atoms with Crippen LogP contribution in [-0.2, 0) is 0 Å². The zero-order valence-corrected chi connectivity index (χ0v) is 11.9. The van der Waals surface area contributed by atoms with E-state index in [1.807, 2.05) is 38.1 Å². The molecule has 1 atom stereocenters. The molecule has 0 aliphatic rings. The third-order valence-corrected chi connectivity index (χ3v) is 3.47. The highest BCUT2D eigenvalue weighted by atomic mass is 32.2. The number of nitrogens with one attached hydrogen (secondary N) is 1. The van der Waals surface area contributed by atoms with Gasteiger partial charge >= 0.3 is 0 Å². The van der Waals surface area contributed by atoms with Gasteiger partial charge < -0.3 is 10.5 Å². The maximum Gasteiger partial charge on any atom is 0.183 e. The van der Waals surface area contributed by atoms with Crippen LogP contribution in [0.2, 0.25) is 0 Å². The molecule has 3 N–H and O–H groups in total. The largest absolute Gasteiger partial charge is 0.491 e. The molecule has 0 aliphatic heterocycles. The second kappa shape index (κ2) is 6.58. The second-order valence-corrected chi connectivity index (χ2v) is 5.45. The molecule has 0 radical (unpaired) electrons. The lowest BCUT2D eigenvalue weighted by molar-refractivity contribution is 0.242. The van der Waals surface area contributed by atoms with Gasteiger partial charge in [-0.25, -0.2) is 4.98 Å². The predicted octanol–water partition coefficient (Wildman–Crippen LogP) is 2.38. The summed E-state index contributed by atoms with van der Waals surface area (Å²) in [7, 11) is 0. The summed E-state index contributed by atoms with van der Waals surface area (Å²) in [6.45, 7) is 4.02. The molecule has 0 spiro atoms. The fourth-order valence-corrected chi connectivity index (χ4v) is 2.36. The predicted molar refractivity (Wildman–Crippen MR) is 76.2 cm³/mol. The van der Waals surface area contributed by atoms with E-state index in [2.05, 4.69) is 15.2 Å². The van der Waals surface area contributed by atoms with Crippen LogP contribution in [0.4, 0.5) is 0 Å². The molecule has 0 amide bonds. The lowest BCUT2D eigenvalue weighted by Crippen LogP contribution is -2.13. The molecule has 2 rings (SSSR count). The molecule has 102 valence electrons. The number of hydrogen-bond donors (Lipinski definition) is 2. The van der Waals surface area contributed by atoms with Gasteiger partial charge in [-0.3, -0.25) is 5.10 Å². The van der Waals surface area contributed by atoms with Crippen molar-refractivity contribution in [3.63, 3.8) is 0 Å². The van der Waals surface area contributed by atoms with Gasteiger partial charge in [0.25, 0.3) is 0 Å². The van der Waals surface area contributed by atoms with Crippen LogP contribution in [0.3, 0.4) is 0 Å². The number of benzene rings is 1. The Bertz CT molecular complexity index is 484. The van der Waals surface area contributed by atoms with E-state index in [9.17, 15) is 0 Å². The molecule has 6 heteroatoms. The van der Waals surface area contributed by atoms with Crippen LogP contribution in [0.1, 0.15) is 25.5 Å². The third-order valence-electron chi connectivity index (χ3n) is 2.47. The molecule has 0 fully saturated rings. The Hall–Kier alpha value is -1.53. The lowest BCUT2D eigenvalue weighted by Gasteiger charge is -2.13. The Morgan fingerprint density at radius 2 is 2.05 bits per heavy atom. The Labute approximate surface area is 117 Å². The molecular weight excluding hydrogens is 260 g/mol. The average molecular weight is 278 g/mol. The van der Waals surface area contributed by atoms with Crippen LogP contribution >= 0.6 is 11.8 Å². The van der Waals surface area contributed by atoms with Gasteiger partial charge in [-0.15, -0.1) is 0 Å². The topological polar surface area (TPSA) is 76.8 Å². The summed E-state index contributed by atoms with van der Waals surface area (Å²) in [4.78, 5) is 4.05. The highest BCUT2D eigenvalue weighted by molar-refractivity contribution is 7.99. The van der Waals surface area contributed by atoms with Crippen LogP contribution < -0.4 is 10.5 Å². The number of aromatic amines is 1. The fraction of sp³-hybridized carbons (Fsp3) is 0.385.